The summed E-state index contributed by atoms with van der Waals surface area (Å²) in [6.07, 6.45) is 5.96. The van der Waals surface area contributed by atoms with E-state index in [2.05, 4.69) is 10.6 Å². The zero-order chi connectivity index (χ0) is 25.7. The predicted octanol–water partition coefficient (Wildman–Crippen LogP) is 1.41. The van der Waals surface area contributed by atoms with Gasteiger partial charge in [-0.25, -0.2) is 17.5 Å². The number of carbonyl (C=O) groups is 3. The molecule has 3 atom stereocenters. The summed E-state index contributed by atoms with van der Waals surface area (Å²) in [6, 6.07) is -2.39. The van der Waals surface area contributed by atoms with E-state index in [1.165, 1.54) is 16.3 Å². The van der Waals surface area contributed by atoms with Crippen LogP contribution in [0.2, 0.25) is 0 Å². The van der Waals surface area contributed by atoms with Gasteiger partial charge in [0.2, 0.25) is 21.8 Å². The lowest BCUT2D eigenvalue weighted by atomic mass is 9.83. The van der Waals surface area contributed by atoms with Gasteiger partial charge in [0, 0.05) is 26.2 Å². The summed E-state index contributed by atoms with van der Waals surface area (Å²) in [6.45, 7) is 7.92. The van der Waals surface area contributed by atoms with Crippen LogP contribution < -0.4 is 16.4 Å². The number of carbonyl (C=O) groups excluding carboxylic acids is 3. The molecule has 4 N–H and O–H groups in total. The number of nitrogens with two attached hydrogens (primary N) is 1. The minimum Gasteiger partial charge on any atom is -0.368 e. The van der Waals surface area contributed by atoms with Crippen molar-refractivity contribution < 1.29 is 22.8 Å². The Morgan fingerprint density at radius 3 is 2.21 bits per heavy atom. The number of hydrogen-bond acceptors (Lipinski definition) is 5. The van der Waals surface area contributed by atoms with Crippen molar-refractivity contribution in [3.63, 3.8) is 0 Å². The minimum absolute atomic E-state index is 0.0163. The fourth-order valence-corrected chi connectivity index (χ4v) is 5.64. The van der Waals surface area contributed by atoms with E-state index < -0.39 is 45.5 Å². The fourth-order valence-electron chi connectivity index (χ4n) is 4.82. The number of sulfonamides is 1. The highest BCUT2D eigenvalue weighted by Crippen LogP contribution is 2.29. The van der Waals surface area contributed by atoms with Crippen molar-refractivity contribution in [1.82, 2.24) is 19.8 Å². The third-order valence-corrected chi connectivity index (χ3v) is 9.00. The molecule has 0 bridgehead atoms. The largest absolute Gasteiger partial charge is 0.368 e. The number of nitrogens with one attached hydrogen (secondary N) is 2. The zero-order valence-corrected chi connectivity index (χ0v) is 22.1. The molecule has 0 aromatic heterocycles. The molecule has 0 radical (unpaired) electrons. The minimum atomic E-state index is -3.41. The molecule has 0 aromatic carbocycles. The van der Waals surface area contributed by atoms with Gasteiger partial charge in [0.25, 0.3) is 0 Å². The summed E-state index contributed by atoms with van der Waals surface area (Å²) < 4.78 is 25.8. The summed E-state index contributed by atoms with van der Waals surface area (Å²) in [7, 11) is -1.91. The van der Waals surface area contributed by atoms with Crippen LogP contribution in [0.5, 0.6) is 0 Å². The lowest BCUT2D eigenvalue weighted by Gasteiger charge is -2.37. The van der Waals surface area contributed by atoms with Gasteiger partial charge >= 0.3 is 6.03 Å². The highest BCUT2D eigenvalue weighted by molar-refractivity contribution is 7.89. The molecule has 34 heavy (non-hydrogen) atoms. The first-order valence-electron chi connectivity index (χ1n) is 12.4. The van der Waals surface area contributed by atoms with Gasteiger partial charge in [-0.2, -0.15) is 0 Å². The molecule has 10 nitrogen and oxygen atoms in total. The molecule has 1 aliphatic heterocycles. The average Bonchev–Trinajstić information content (AvgIpc) is 3.27. The van der Waals surface area contributed by atoms with Crippen LogP contribution in [0.3, 0.4) is 0 Å². The van der Waals surface area contributed by atoms with Crippen LogP contribution in [0.1, 0.15) is 72.6 Å². The molecule has 196 valence electrons. The summed E-state index contributed by atoms with van der Waals surface area (Å²) in [5, 5.41) is 5.80. The van der Waals surface area contributed by atoms with E-state index in [4.69, 9.17) is 5.73 Å². The molecule has 1 saturated heterocycles. The molecule has 1 aliphatic carbocycles. The topological polar surface area (TPSA) is 142 Å². The monoisotopic (exact) mass is 501 g/mol. The molecular formula is C23H43N5O5S. The Bertz CT molecular complexity index is 835. The summed E-state index contributed by atoms with van der Waals surface area (Å²) in [5.74, 6) is -0.828. The first-order valence-corrected chi connectivity index (χ1v) is 14.0. The smallest absolute Gasteiger partial charge is 0.315 e. The number of rotatable bonds is 9. The van der Waals surface area contributed by atoms with Gasteiger partial charge in [-0.3, -0.25) is 9.59 Å². The van der Waals surface area contributed by atoms with E-state index in [1.54, 1.807) is 6.92 Å². The molecular weight excluding hydrogens is 458 g/mol. The van der Waals surface area contributed by atoms with Crippen molar-refractivity contribution in [1.29, 1.82) is 0 Å². The van der Waals surface area contributed by atoms with Gasteiger partial charge in [-0.05, 0) is 43.9 Å². The Morgan fingerprint density at radius 1 is 1.06 bits per heavy atom. The van der Waals surface area contributed by atoms with E-state index in [0.717, 1.165) is 32.1 Å². The molecule has 4 amide bonds. The van der Waals surface area contributed by atoms with Gasteiger partial charge < -0.3 is 21.3 Å². The van der Waals surface area contributed by atoms with Gasteiger partial charge in [0.05, 0.1) is 5.75 Å². The van der Waals surface area contributed by atoms with Crippen molar-refractivity contribution in [2.75, 3.05) is 25.9 Å². The van der Waals surface area contributed by atoms with E-state index in [1.807, 2.05) is 20.8 Å². The van der Waals surface area contributed by atoms with Gasteiger partial charge in [0.1, 0.15) is 12.1 Å². The number of urea groups is 1. The molecule has 2 fully saturated rings. The Morgan fingerprint density at radius 2 is 1.68 bits per heavy atom. The molecule has 0 unspecified atom stereocenters. The Kier molecular flexibility index (Phi) is 9.76. The number of primary amides is 1. The molecule has 2 aliphatic rings. The van der Waals surface area contributed by atoms with Crippen LogP contribution in [0.25, 0.3) is 0 Å². The standard InChI is InChI=1S/C23H43N5O5S/c1-6-34(32,33)27(5)15-18(23(2,3)4)25-22(31)26-19(16-11-8-7-9-12-16)21(30)28-14-10-13-17(28)20(24)29/h16-19H,6-15H2,1-5H3,(H2,24,29)(H2,25,26,31)/t17-,18+,19-/m0/s1. The van der Waals surface area contributed by atoms with Crippen LogP contribution in [-0.4, -0.2) is 79.5 Å². The lowest BCUT2D eigenvalue weighted by Crippen LogP contribution is -2.60. The van der Waals surface area contributed by atoms with E-state index >= 15 is 0 Å². The second-order valence-corrected chi connectivity index (χ2v) is 13.0. The number of likely N-dealkylation sites (tertiary alicyclic amines) is 1. The summed E-state index contributed by atoms with van der Waals surface area (Å²) >= 11 is 0. The lowest BCUT2D eigenvalue weighted by molar-refractivity contribution is -0.140. The molecule has 0 spiro atoms. The number of amides is 4. The van der Waals surface area contributed by atoms with Crippen molar-refractivity contribution in [3.05, 3.63) is 0 Å². The van der Waals surface area contributed by atoms with E-state index in [-0.39, 0.29) is 24.1 Å². The average molecular weight is 502 g/mol. The maximum absolute atomic E-state index is 13.5. The molecule has 1 heterocycles. The highest BCUT2D eigenvalue weighted by atomic mass is 32.2. The molecule has 11 heteroatoms. The third-order valence-electron chi connectivity index (χ3n) is 7.17. The quantitative estimate of drug-likeness (QED) is 0.438. The van der Waals surface area contributed by atoms with Crippen LogP contribution in [0.15, 0.2) is 0 Å². The number of hydrogen-bond donors (Lipinski definition) is 3. The summed E-state index contributed by atoms with van der Waals surface area (Å²) in [4.78, 5) is 40.0. The molecule has 2 rings (SSSR count). The highest BCUT2D eigenvalue weighted by Gasteiger charge is 2.40. The summed E-state index contributed by atoms with van der Waals surface area (Å²) in [5.41, 5.74) is 5.10. The van der Waals surface area contributed by atoms with Crippen molar-refractivity contribution in [2.24, 2.45) is 17.1 Å². The second kappa shape index (κ2) is 11.7. The van der Waals surface area contributed by atoms with Gasteiger partial charge in [0.15, 0.2) is 0 Å². The van der Waals surface area contributed by atoms with Crippen LogP contribution in [0, 0.1) is 11.3 Å². The normalized spacial score (nSPS) is 21.8. The van der Waals surface area contributed by atoms with Gasteiger partial charge in [-0.15, -0.1) is 0 Å². The molecule has 0 aromatic rings. The fraction of sp³-hybridized carbons (Fsp3) is 0.870. The van der Waals surface area contributed by atoms with Crippen molar-refractivity contribution in [3.8, 4) is 0 Å². The first kappa shape index (κ1) is 28.4. The molecule has 1 saturated carbocycles. The maximum Gasteiger partial charge on any atom is 0.315 e. The zero-order valence-electron chi connectivity index (χ0n) is 21.3. The third kappa shape index (κ3) is 7.31. The second-order valence-electron chi connectivity index (χ2n) is 10.7. The van der Waals surface area contributed by atoms with Crippen LogP contribution >= 0.6 is 0 Å². The Hall–Kier alpha value is -1.88. The predicted molar refractivity (Wildman–Crippen MR) is 131 cm³/mol. The van der Waals surface area contributed by atoms with E-state index in [0.29, 0.717) is 19.4 Å². The van der Waals surface area contributed by atoms with Crippen molar-refractivity contribution in [2.45, 2.75) is 90.8 Å². The number of likely N-dealkylation sites (N-methyl/N-ethyl adjacent to an activating group) is 1. The van der Waals surface area contributed by atoms with Crippen LogP contribution in [-0.2, 0) is 19.6 Å². The van der Waals surface area contributed by atoms with Crippen LogP contribution in [0.4, 0.5) is 4.79 Å². The SMILES string of the molecule is CCS(=O)(=O)N(C)C[C@@H](NC(=O)N[C@H](C(=O)N1CCC[C@H]1C(N)=O)C1CCCCC1)C(C)(C)C. The Labute approximate surface area is 204 Å². The first-order chi connectivity index (χ1) is 15.8. The van der Waals surface area contributed by atoms with E-state index in [9.17, 15) is 22.8 Å². The maximum atomic E-state index is 13.5. The number of nitrogens with zero attached hydrogens (tertiary/aromatic N) is 2. The van der Waals surface area contributed by atoms with Gasteiger partial charge in [-0.1, -0.05) is 40.0 Å². The van der Waals surface area contributed by atoms with Crippen molar-refractivity contribution >= 4 is 27.9 Å². The Balaban J connectivity index is 2.19.